The monoisotopic (exact) mass is 858 g/mol. The van der Waals surface area contributed by atoms with Crippen LogP contribution in [0.3, 0.4) is 0 Å². The maximum absolute atomic E-state index is 9.55. The number of fused-ring (bicyclic) bond motifs is 6. The molecule has 0 bridgehead atoms. The lowest BCUT2D eigenvalue weighted by molar-refractivity contribution is -0.134. The lowest BCUT2D eigenvalue weighted by Gasteiger charge is -2.12. The SMILES string of the molecule is CNCc1nc2n(n1)-c1ccc(Cl)cc1C(c1ccccc1Cl)=NC2.CNCc1nc2n(n1)-c1ccc(Cl)cc1C(c1ccccc1Cl)=NC2.O=C(O)/C=C/C(=O)O. The smallest absolute Gasteiger partial charge is 0.328 e. The zero-order valence-electron chi connectivity index (χ0n) is 30.9. The lowest BCUT2D eigenvalue weighted by atomic mass is 10.0. The van der Waals surface area contributed by atoms with Gasteiger partial charge in [0, 0.05) is 54.5 Å². The van der Waals surface area contributed by atoms with Crippen LogP contribution in [-0.4, -0.2) is 77.2 Å². The second-order valence-corrected chi connectivity index (χ2v) is 14.1. The molecule has 58 heavy (non-hydrogen) atoms. The van der Waals surface area contributed by atoms with Crippen molar-refractivity contribution in [3.63, 3.8) is 0 Å². The lowest BCUT2D eigenvalue weighted by Crippen LogP contribution is -2.10. The van der Waals surface area contributed by atoms with Crippen LogP contribution in [0.5, 0.6) is 0 Å². The number of hydrogen-bond acceptors (Lipinski definition) is 10. The highest BCUT2D eigenvalue weighted by Gasteiger charge is 2.24. The molecule has 14 nitrogen and oxygen atoms in total. The zero-order valence-corrected chi connectivity index (χ0v) is 33.9. The molecule has 6 aromatic rings. The Morgan fingerprint density at radius 2 is 1.02 bits per heavy atom. The van der Waals surface area contributed by atoms with Gasteiger partial charge < -0.3 is 20.8 Å². The highest BCUT2D eigenvalue weighted by Crippen LogP contribution is 2.31. The Kier molecular flexibility index (Phi) is 13.8. The van der Waals surface area contributed by atoms with Crippen molar-refractivity contribution in [1.82, 2.24) is 40.2 Å². The number of hydrogen-bond donors (Lipinski definition) is 4. The summed E-state index contributed by atoms with van der Waals surface area (Å²) in [4.78, 5) is 37.8. The van der Waals surface area contributed by atoms with Crippen LogP contribution in [-0.2, 0) is 35.8 Å². The molecule has 8 rings (SSSR count). The van der Waals surface area contributed by atoms with Crippen molar-refractivity contribution in [3.05, 3.63) is 163 Å². The van der Waals surface area contributed by atoms with E-state index in [-0.39, 0.29) is 0 Å². The first-order valence-corrected chi connectivity index (χ1v) is 19.0. The highest BCUT2D eigenvalue weighted by atomic mass is 35.5. The second kappa shape index (κ2) is 19.1. The Bertz CT molecular complexity index is 2410. The first kappa shape index (κ1) is 41.9. The van der Waals surface area contributed by atoms with Gasteiger partial charge in [0.1, 0.15) is 0 Å². The number of rotatable bonds is 8. The number of nitrogens with zero attached hydrogens (tertiary/aromatic N) is 8. The van der Waals surface area contributed by atoms with Crippen molar-refractivity contribution in [3.8, 4) is 11.4 Å². The van der Waals surface area contributed by atoms with Crippen LogP contribution >= 0.6 is 46.4 Å². The summed E-state index contributed by atoms with van der Waals surface area (Å²) < 4.78 is 3.68. The van der Waals surface area contributed by atoms with E-state index >= 15 is 0 Å². The van der Waals surface area contributed by atoms with E-state index < -0.39 is 11.9 Å². The summed E-state index contributed by atoms with van der Waals surface area (Å²) in [5.41, 5.74) is 6.90. The third-order valence-corrected chi connectivity index (χ3v) is 9.50. The summed E-state index contributed by atoms with van der Waals surface area (Å²) in [6, 6.07) is 26.7. The van der Waals surface area contributed by atoms with Gasteiger partial charge >= 0.3 is 11.9 Å². The Hall–Kier alpha value is -5.74. The Balaban J connectivity index is 0.000000165. The predicted molar refractivity (Wildman–Crippen MR) is 224 cm³/mol. The summed E-state index contributed by atoms with van der Waals surface area (Å²) in [5, 5.41) is 33.6. The molecule has 2 aliphatic heterocycles. The largest absolute Gasteiger partial charge is 0.478 e. The molecule has 2 aromatic heterocycles. The van der Waals surface area contributed by atoms with Crippen LogP contribution in [0.2, 0.25) is 20.1 Å². The van der Waals surface area contributed by atoms with Gasteiger partial charge in [-0.15, -0.1) is 10.2 Å². The maximum atomic E-state index is 9.55. The van der Waals surface area contributed by atoms with E-state index in [9.17, 15) is 9.59 Å². The summed E-state index contributed by atoms with van der Waals surface area (Å²) in [7, 11) is 3.74. The number of aliphatic imine (C=N–C) groups is 2. The Labute approximate surface area is 352 Å². The molecular formula is C40H34Cl4N10O4. The summed E-state index contributed by atoms with van der Waals surface area (Å²) >= 11 is 25.3. The van der Waals surface area contributed by atoms with Crippen LogP contribution < -0.4 is 10.6 Å². The number of nitrogens with one attached hydrogen (secondary N) is 2. The van der Waals surface area contributed by atoms with Crippen molar-refractivity contribution >= 4 is 69.8 Å². The molecule has 0 amide bonds. The molecule has 4 aromatic carbocycles. The van der Waals surface area contributed by atoms with E-state index in [0.29, 0.717) is 58.4 Å². The standard InChI is InChI=1S/2C18H15Cl2N5.C4H4O4/c2*1-21-9-16-23-17-10-22-18(12-4-2-3-5-14(12)20)13-8-11(19)6-7-15(13)25(17)24-16;5-3(6)1-2-4(7)8/h2*2-8,21H,9-10H2,1H3;1-2H,(H,5,6)(H,7,8)/b;;2-1+. The van der Waals surface area contributed by atoms with Gasteiger partial charge in [-0.1, -0.05) is 82.8 Å². The average Bonchev–Trinajstić information content (AvgIpc) is 3.72. The average molecular weight is 861 g/mol. The van der Waals surface area contributed by atoms with Crippen molar-refractivity contribution in [1.29, 1.82) is 0 Å². The Morgan fingerprint density at radius 3 is 1.38 bits per heavy atom. The van der Waals surface area contributed by atoms with E-state index in [2.05, 4.69) is 30.8 Å². The van der Waals surface area contributed by atoms with Crippen LogP contribution in [0, 0.1) is 0 Å². The summed E-state index contributed by atoms with van der Waals surface area (Å²) in [6.45, 7) is 2.04. The molecular weight excluding hydrogens is 826 g/mol. The van der Waals surface area contributed by atoms with Crippen molar-refractivity contribution < 1.29 is 19.8 Å². The number of aliphatic carboxylic acids is 2. The second-order valence-electron chi connectivity index (χ2n) is 12.4. The van der Waals surface area contributed by atoms with Gasteiger partial charge in [0.15, 0.2) is 23.3 Å². The van der Waals surface area contributed by atoms with Gasteiger partial charge in [0.05, 0.1) is 49.0 Å². The molecule has 0 fully saturated rings. The normalized spacial score (nSPS) is 12.5. The van der Waals surface area contributed by atoms with Gasteiger partial charge in [-0.2, -0.15) is 0 Å². The summed E-state index contributed by atoms with van der Waals surface area (Å²) in [5.74, 6) is 0.524. The minimum atomic E-state index is -1.26. The molecule has 0 atom stereocenters. The predicted octanol–water partition coefficient (Wildman–Crippen LogP) is 7.00. The van der Waals surface area contributed by atoms with E-state index in [1.165, 1.54) is 0 Å². The van der Waals surface area contributed by atoms with E-state index in [0.717, 1.165) is 68.3 Å². The number of carboxylic acid groups (broad SMARTS) is 2. The zero-order chi connectivity index (χ0) is 41.3. The first-order valence-electron chi connectivity index (χ1n) is 17.5. The first-order chi connectivity index (χ1) is 28.0. The van der Waals surface area contributed by atoms with E-state index in [1.807, 2.05) is 108 Å². The molecule has 0 unspecified atom stereocenters. The van der Waals surface area contributed by atoms with Gasteiger partial charge in [0.2, 0.25) is 0 Å². The highest BCUT2D eigenvalue weighted by molar-refractivity contribution is 6.37. The number of carboxylic acids is 2. The Morgan fingerprint density at radius 1 is 0.621 bits per heavy atom. The van der Waals surface area contributed by atoms with Crippen molar-refractivity contribution in [2.75, 3.05) is 14.1 Å². The molecule has 0 saturated heterocycles. The topological polar surface area (TPSA) is 185 Å². The molecule has 0 saturated carbocycles. The van der Waals surface area contributed by atoms with Crippen LogP contribution in [0.4, 0.5) is 0 Å². The molecule has 2 aliphatic rings. The third kappa shape index (κ3) is 9.85. The molecule has 0 spiro atoms. The minimum absolute atomic E-state index is 0.420. The van der Waals surface area contributed by atoms with Crippen LogP contribution in [0.15, 0.2) is 107 Å². The van der Waals surface area contributed by atoms with Gasteiger partial charge in [-0.25, -0.2) is 28.9 Å². The quantitative estimate of drug-likeness (QED) is 0.116. The number of aromatic nitrogens is 6. The number of halogens is 4. The van der Waals surface area contributed by atoms with Crippen LogP contribution in [0.25, 0.3) is 11.4 Å². The van der Waals surface area contributed by atoms with Crippen molar-refractivity contribution in [2.24, 2.45) is 9.98 Å². The van der Waals surface area contributed by atoms with Gasteiger partial charge in [-0.05, 0) is 62.6 Å². The number of benzene rings is 4. The summed E-state index contributed by atoms with van der Waals surface area (Å²) in [6.07, 6.45) is 1.12. The fourth-order valence-electron chi connectivity index (χ4n) is 5.98. The van der Waals surface area contributed by atoms with E-state index in [1.54, 1.807) is 0 Å². The maximum Gasteiger partial charge on any atom is 0.328 e. The van der Waals surface area contributed by atoms with E-state index in [4.69, 9.17) is 66.6 Å². The fourth-order valence-corrected chi connectivity index (χ4v) is 6.78. The molecule has 4 N–H and O–H groups in total. The molecule has 4 heterocycles. The van der Waals surface area contributed by atoms with Gasteiger partial charge in [-0.3, -0.25) is 9.98 Å². The van der Waals surface area contributed by atoms with Crippen molar-refractivity contribution in [2.45, 2.75) is 26.2 Å². The molecule has 18 heteroatoms. The molecule has 0 aliphatic carbocycles. The van der Waals surface area contributed by atoms with Gasteiger partial charge in [0.25, 0.3) is 0 Å². The number of carbonyl (C=O) groups is 2. The third-order valence-electron chi connectivity index (χ3n) is 8.37. The fraction of sp³-hybridized carbons (Fsp3) is 0.150. The molecule has 0 radical (unpaired) electrons. The minimum Gasteiger partial charge on any atom is -0.478 e. The molecule has 296 valence electrons. The van der Waals surface area contributed by atoms with Crippen LogP contribution in [0.1, 0.15) is 45.6 Å².